The zero-order valence-corrected chi connectivity index (χ0v) is 18.1. The van der Waals surface area contributed by atoms with Gasteiger partial charge in [0.1, 0.15) is 11.3 Å². The molecule has 1 fully saturated rings. The highest BCUT2D eigenvalue weighted by Crippen LogP contribution is 2.29. The van der Waals surface area contributed by atoms with Crippen LogP contribution in [0.15, 0.2) is 11.0 Å². The molecular formula is C20H27FN6O3. The van der Waals surface area contributed by atoms with Gasteiger partial charge in [-0.05, 0) is 34.6 Å². The number of nitriles is 1. The molecule has 2 atom stereocenters. The number of ether oxygens (including phenoxy) is 1. The molecule has 2 aromatic rings. The highest BCUT2D eigenvalue weighted by molar-refractivity contribution is 5.72. The average molecular weight is 418 g/mol. The second kappa shape index (κ2) is 7.63. The Bertz CT molecular complexity index is 1080. The van der Waals surface area contributed by atoms with E-state index in [0.29, 0.717) is 18.8 Å². The Hall–Kier alpha value is -3.09. The van der Waals surface area contributed by atoms with Crippen LogP contribution < -0.4 is 10.5 Å². The van der Waals surface area contributed by atoms with E-state index in [0.717, 1.165) is 4.68 Å². The van der Waals surface area contributed by atoms with Crippen LogP contribution >= 0.6 is 0 Å². The third-order valence-electron chi connectivity index (χ3n) is 5.12. The summed E-state index contributed by atoms with van der Waals surface area (Å²) in [7, 11) is 1.45. The first-order chi connectivity index (χ1) is 13.9. The van der Waals surface area contributed by atoms with Crippen LogP contribution in [0.3, 0.4) is 0 Å². The number of hydrogen-bond acceptors (Lipinski definition) is 6. The van der Waals surface area contributed by atoms with Crippen LogP contribution in [0.4, 0.5) is 14.9 Å². The summed E-state index contributed by atoms with van der Waals surface area (Å²) in [4.78, 5) is 32.9. The van der Waals surface area contributed by atoms with E-state index in [1.54, 1.807) is 36.8 Å². The predicted octanol–water partition coefficient (Wildman–Crippen LogP) is 2.07. The molecule has 162 valence electrons. The number of imidazole rings is 1. The highest BCUT2D eigenvalue weighted by Gasteiger charge is 2.37. The lowest BCUT2D eigenvalue weighted by atomic mass is 10.1. The number of carbonyl (C=O) groups excluding carboxylic acids is 1. The summed E-state index contributed by atoms with van der Waals surface area (Å²) in [5.74, 6) is -0.899. The normalized spacial score (nSPS) is 19.8. The van der Waals surface area contributed by atoms with Gasteiger partial charge in [-0.15, -0.1) is 0 Å². The van der Waals surface area contributed by atoms with E-state index in [1.807, 2.05) is 19.9 Å². The summed E-state index contributed by atoms with van der Waals surface area (Å²) in [5, 5.41) is 8.98. The van der Waals surface area contributed by atoms with Gasteiger partial charge in [-0.25, -0.2) is 19.0 Å². The Kier molecular flexibility index (Phi) is 5.50. The monoisotopic (exact) mass is 418 g/mol. The van der Waals surface area contributed by atoms with Gasteiger partial charge in [-0.3, -0.25) is 4.79 Å². The summed E-state index contributed by atoms with van der Waals surface area (Å²) in [6.45, 7) is 9.74. The van der Waals surface area contributed by atoms with Crippen LogP contribution in [0.1, 0.15) is 40.3 Å². The number of piperazine rings is 1. The van der Waals surface area contributed by atoms with Gasteiger partial charge >= 0.3 is 11.7 Å². The topological polar surface area (TPSA) is 95.9 Å². The molecule has 1 amide bonds. The van der Waals surface area contributed by atoms with Crippen molar-refractivity contribution in [3.05, 3.63) is 28.1 Å². The van der Waals surface area contributed by atoms with Crippen molar-refractivity contribution < 1.29 is 13.9 Å². The van der Waals surface area contributed by atoms with E-state index < -0.39 is 23.1 Å². The van der Waals surface area contributed by atoms with Crippen molar-refractivity contribution in [2.45, 2.75) is 58.7 Å². The molecule has 0 saturated carbocycles. The van der Waals surface area contributed by atoms with Crippen LogP contribution in [-0.4, -0.2) is 55.9 Å². The first kappa shape index (κ1) is 21.6. The second-order valence-corrected chi connectivity index (χ2v) is 8.71. The minimum Gasteiger partial charge on any atom is -0.444 e. The van der Waals surface area contributed by atoms with E-state index in [9.17, 15) is 9.59 Å². The lowest BCUT2D eigenvalue weighted by molar-refractivity contribution is 0.0130. The maximum absolute atomic E-state index is 15.2. The summed E-state index contributed by atoms with van der Waals surface area (Å²) in [6.07, 6.45) is 1.19. The van der Waals surface area contributed by atoms with Gasteiger partial charge in [-0.2, -0.15) is 9.65 Å². The smallest absolute Gasteiger partial charge is 0.410 e. The van der Waals surface area contributed by atoms with E-state index in [4.69, 9.17) is 10.00 Å². The molecule has 1 aliphatic rings. The summed E-state index contributed by atoms with van der Waals surface area (Å²) in [6, 6.07) is 1.46. The largest absolute Gasteiger partial charge is 0.444 e. The van der Waals surface area contributed by atoms with Crippen LogP contribution in [-0.2, 0) is 18.2 Å². The Labute approximate surface area is 174 Å². The number of nitrogens with zero attached hydrogens (tertiary/aromatic N) is 6. The first-order valence-corrected chi connectivity index (χ1v) is 9.84. The number of hydrogen-bond donors (Lipinski definition) is 0. The number of anilines is 1. The van der Waals surface area contributed by atoms with E-state index in [2.05, 4.69) is 4.98 Å². The van der Waals surface area contributed by atoms with Crippen molar-refractivity contribution in [1.82, 2.24) is 19.1 Å². The van der Waals surface area contributed by atoms with Gasteiger partial charge in [0.2, 0.25) is 5.82 Å². The third kappa shape index (κ3) is 3.84. The molecule has 3 heterocycles. The highest BCUT2D eigenvalue weighted by atomic mass is 19.1. The number of amides is 1. The molecule has 0 N–H and O–H groups in total. The minimum atomic E-state index is -0.899. The number of rotatable bonds is 2. The fourth-order valence-electron chi connectivity index (χ4n) is 3.68. The Balaban J connectivity index is 2.02. The molecule has 0 unspecified atom stereocenters. The van der Waals surface area contributed by atoms with Crippen molar-refractivity contribution in [2.75, 3.05) is 18.0 Å². The number of aryl methyl sites for hydroxylation is 1. The molecular weight excluding hydrogens is 391 g/mol. The molecule has 0 aliphatic carbocycles. The van der Waals surface area contributed by atoms with E-state index in [1.165, 1.54) is 11.6 Å². The lowest BCUT2D eigenvalue weighted by Gasteiger charge is -2.45. The number of fused-ring (bicyclic) bond motifs is 1. The van der Waals surface area contributed by atoms with E-state index >= 15 is 4.39 Å². The quantitative estimate of drug-likeness (QED) is 0.741. The van der Waals surface area contributed by atoms with Crippen LogP contribution in [0.5, 0.6) is 0 Å². The van der Waals surface area contributed by atoms with Gasteiger partial charge < -0.3 is 14.5 Å². The molecule has 0 radical (unpaired) electrons. The average Bonchev–Trinajstić information content (AvgIpc) is 3.05. The van der Waals surface area contributed by atoms with Crippen molar-refractivity contribution >= 4 is 17.4 Å². The molecule has 0 bridgehead atoms. The SMILES string of the molecule is C[C@@H]1CN(c2c(F)c(=O)n(C)n3cc(CC#N)nc23)[C@@H](C)CN1C(=O)OC(C)(C)C. The van der Waals surface area contributed by atoms with Gasteiger partial charge in [0.05, 0.1) is 24.4 Å². The maximum Gasteiger partial charge on any atom is 0.410 e. The third-order valence-corrected chi connectivity index (χ3v) is 5.12. The molecule has 0 spiro atoms. The van der Waals surface area contributed by atoms with Crippen LogP contribution in [0.2, 0.25) is 0 Å². The molecule has 1 aliphatic heterocycles. The van der Waals surface area contributed by atoms with E-state index in [-0.39, 0.29) is 29.8 Å². The Morgan fingerprint density at radius 2 is 2.00 bits per heavy atom. The fraction of sp³-hybridized carbons (Fsp3) is 0.600. The molecule has 9 nitrogen and oxygen atoms in total. The number of carbonyl (C=O) groups is 1. The van der Waals surface area contributed by atoms with Crippen molar-refractivity contribution in [2.24, 2.45) is 7.05 Å². The maximum atomic E-state index is 15.2. The molecule has 10 heteroatoms. The predicted molar refractivity (Wildman–Crippen MR) is 109 cm³/mol. The number of aromatic nitrogens is 3. The Morgan fingerprint density at radius 1 is 1.33 bits per heavy atom. The summed E-state index contributed by atoms with van der Waals surface area (Å²) in [5.41, 5.74) is -0.593. The van der Waals surface area contributed by atoms with Crippen molar-refractivity contribution in [3.8, 4) is 6.07 Å². The zero-order chi connectivity index (χ0) is 22.4. The first-order valence-electron chi connectivity index (χ1n) is 9.84. The van der Waals surface area contributed by atoms with Crippen LogP contribution in [0.25, 0.3) is 5.65 Å². The van der Waals surface area contributed by atoms with Gasteiger partial charge in [-0.1, -0.05) is 0 Å². The summed E-state index contributed by atoms with van der Waals surface area (Å²) >= 11 is 0. The molecule has 30 heavy (non-hydrogen) atoms. The number of halogens is 1. The lowest BCUT2D eigenvalue weighted by Crippen LogP contribution is -2.59. The van der Waals surface area contributed by atoms with Crippen molar-refractivity contribution in [1.29, 1.82) is 5.26 Å². The summed E-state index contributed by atoms with van der Waals surface area (Å²) < 4.78 is 23.2. The molecule has 3 rings (SSSR count). The standard InChI is InChI=1S/C20H27FN6O3/c1-12-10-26(19(29)30-20(3,4)5)13(2)9-25(12)16-15(21)18(28)24(6)27-11-14(7-8-22)23-17(16)27/h11-13H,7,9-10H2,1-6H3/t12-,13+/m0/s1. The van der Waals surface area contributed by atoms with Gasteiger partial charge in [0, 0.05) is 32.2 Å². The molecule has 2 aromatic heterocycles. The molecule has 1 saturated heterocycles. The van der Waals surface area contributed by atoms with Crippen LogP contribution in [0, 0.1) is 17.1 Å². The Morgan fingerprint density at radius 3 is 2.60 bits per heavy atom. The zero-order valence-electron chi connectivity index (χ0n) is 18.1. The van der Waals surface area contributed by atoms with Gasteiger partial charge in [0.15, 0.2) is 5.65 Å². The second-order valence-electron chi connectivity index (χ2n) is 8.71. The molecule has 0 aromatic carbocycles. The fourth-order valence-corrected chi connectivity index (χ4v) is 3.68. The van der Waals surface area contributed by atoms with Gasteiger partial charge in [0.25, 0.3) is 0 Å². The van der Waals surface area contributed by atoms with Crippen molar-refractivity contribution in [3.63, 3.8) is 0 Å². The minimum absolute atomic E-state index is 0.0509.